The molecule has 0 saturated heterocycles. The molecule has 0 radical (unpaired) electrons. The molecule has 0 fully saturated rings. The van der Waals surface area contributed by atoms with Gasteiger partial charge in [0.1, 0.15) is 5.82 Å². The van der Waals surface area contributed by atoms with Gasteiger partial charge in [0, 0.05) is 6.07 Å². The van der Waals surface area contributed by atoms with Crippen molar-refractivity contribution in [3.63, 3.8) is 0 Å². The van der Waals surface area contributed by atoms with Gasteiger partial charge in [-0.05, 0) is 23.8 Å². The third kappa shape index (κ3) is 4.26. The van der Waals surface area contributed by atoms with Crippen LogP contribution in [0.1, 0.15) is 21.5 Å². The predicted molar refractivity (Wildman–Crippen MR) is 97.2 cm³/mol. The molecule has 1 amide bonds. The second-order valence-electron chi connectivity index (χ2n) is 5.58. The van der Waals surface area contributed by atoms with Gasteiger partial charge >= 0.3 is 6.18 Å². The Morgan fingerprint density at radius 3 is 2.56 bits per heavy atom. The van der Waals surface area contributed by atoms with Crippen LogP contribution in [-0.4, -0.2) is 15.7 Å². The standard InChI is InChI=1S/C18H12Cl2F3N3O/c19-14-7-3-4-11(16(14)20)10-26-15(8-9-24-26)25-17(27)12-5-1-2-6-13(12)18(21,22)23/h1-9H,10H2,(H,25,27). The van der Waals surface area contributed by atoms with E-state index in [0.29, 0.717) is 15.6 Å². The van der Waals surface area contributed by atoms with Crippen molar-refractivity contribution in [2.24, 2.45) is 0 Å². The van der Waals surface area contributed by atoms with E-state index in [2.05, 4.69) is 10.4 Å². The number of carbonyl (C=O) groups excluding carboxylic acids is 1. The first-order valence-corrected chi connectivity index (χ1v) is 8.45. The highest BCUT2D eigenvalue weighted by Gasteiger charge is 2.35. The molecule has 1 N–H and O–H groups in total. The Morgan fingerprint density at radius 1 is 1.07 bits per heavy atom. The maximum Gasteiger partial charge on any atom is 0.417 e. The van der Waals surface area contributed by atoms with Crippen molar-refractivity contribution in [3.8, 4) is 0 Å². The molecule has 0 aliphatic heterocycles. The first kappa shape index (κ1) is 19.3. The first-order valence-electron chi connectivity index (χ1n) is 7.69. The predicted octanol–water partition coefficient (Wildman–Crippen LogP) is 5.51. The van der Waals surface area contributed by atoms with Crippen LogP contribution in [0.2, 0.25) is 10.0 Å². The van der Waals surface area contributed by atoms with Gasteiger partial charge < -0.3 is 5.32 Å². The number of aromatic nitrogens is 2. The van der Waals surface area contributed by atoms with E-state index >= 15 is 0 Å². The van der Waals surface area contributed by atoms with Crippen molar-refractivity contribution in [1.29, 1.82) is 0 Å². The fourth-order valence-electron chi connectivity index (χ4n) is 2.51. The number of nitrogens with one attached hydrogen (secondary N) is 1. The van der Waals surface area contributed by atoms with Gasteiger partial charge in [0.15, 0.2) is 0 Å². The third-order valence-electron chi connectivity index (χ3n) is 3.79. The lowest BCUT2D eigenvalue weighted by Gasteiger charge is -2.14. The highest BCUT2D eigenvalue weighted by molar-refractivity contribution is 6.42. The molecule has 0 bridgehead atoms. The maximum absolute atomic E-state index is 13.1. The van der Waals surface area contributed by atoms with Gasteiger partial charge in [-0.1, -0.05) is 47.5 Å². The second-order valence-corrected chi connectivity index (χ2v) is 6.37. The fraction of sp³-hybridized carbons (Fsp3) is 0.111. The van der Waals surface area contributed by atoms with Crippen LogP contribution in [0.3, 0.4) is 0 Å². The highest BCUT2D eigenvalue weighted by Crippen LogP contribution is 2.32. The Morgan fingerprint density at radius 2 is 1.81 bits per heavy atom. The van der Waals surface area contributed by atoms with E-state index in [9.17, 15) is 18.0 Å². The fourth-order valence-corrected chi connectivity index (χ4v) is 2.89. The molecule has 0 aliphatic carbocycles. The molecule has 0 unspecified atom stereocenters. The van der Waals surface area contributed by atoms with Gasteiger partial charge in [-0.15, -0.1) is 0 Å². The molecule has 1 aromatic heterocycles. The molecule has 0 atom stereocenters. The zero-order chi connectivity index (χ0) is 19.6. The Bertz CT molecular complexity index is 986. The maximum atomic E-state index is 13.1. The molecule has 0 aliphatic rings. The zero-order valence-corrected chi connectivity index (χ0v) is 15.1. The molecule has 0 spiro atoms. The minimum Gasteiger partial charge on any atom is -0.307 e. The molecule has 0 saturated carbocycles. The topological polar surface area (TPSA) is 46.9 Å². The molecule has 9 heteroatoms. The molecule has 4 nitrogen and oxygen atoms in total. The minimum absolute atomic E-state index is 0.183. The smallest absolute Gasteiger partial charge is 0.307 e. The van der Waals surface area contributed by atoms with E-state index in [-0.39, 0.29) is 12.4 Å². The summed E-state index contributed by atoms with van der Waals surface area (Å²) in [7, 11) is 0. The Labute approximate surface area is 162 Å². The number of hydrogen-bond acceptors (Lipinski definition) is 2. The summed E-state index contributed by atoms with van der Waals surface area (Å²) >= 11 is 12.1. The summed E-state index contributed by atoms with van der Waals surface area (Å²) in [5.41, 5.74) is -0.830. The lowest BCUT2D eigenvalue weighted by atomic mass is 10.1. The summed E-state index contributed by atoms with van der Waals surface area (Å²) in [6, 6.07) is 11.1. The number of halogens is 5. The van der Waals surface area contributed by atoms with Crippen molar-refractivity contribution >= 4 is 34.9 Å². The quantitative estimate of drug-likeness (QED) is 0.612. The second kappa shape index (κ2) is 7.62. The summed E-state index contributed by atoms with van der Waals surface area (Å²) in [6.45, 7) is 0.183. The number of hydrogen-bond donors (Lipinski definition) is 1. The van der Waals surface area contributed by atoms with E-state index in [4.69, 9.17) is 23.2 Å². The van der Waals surface area contributed by atoms with E-state index in [1.165, 1.54) is 29.1 Å². The molecule has 27 heavy (non-hydrogen) atoms. The lowest BCUT2D eigenvalue weighted by Crippen LogP contribution is -2.20. The van der Waals surface area contributed by atoms with Crippen LogP contribution in [-0.2, 0) is 12.7 Å². The summed E-state index contributed by atoms with van der Waals surface area (Å²) in [5.74, 6) is -0.658. The average Bonchev–Trinajstić information content (AvgIpc) is 3.05. The van der Waals surface area contributed by atoms with Gasteiger partial charge in [0.05, 0.1) is 33.9 Å². The van der Waals surface area contributed by atoms with Crippen LogP contribution in [0.5, 0.6) is 0 Å². The number of nitrogens with zero attached hydrogens (tertiary/aromatic N) is 2. The Kier molecular flexibility index (Phi) is 5.43. The largest absolute Gasteiger partial charge is 0.417 e. The minimum atomic E-state index is -4.64. The molecular weight excluding hydrogens is 402 g/mol. The van der Waals surface area contributed by atoms with Crippen molar-refractivity contribution < 1.29 is 18.0 Å². The number of carbonyl (C=O) groups is 1. The van der Waals surface area contributed by atoms with E-state index in [1.54, 1.807) is 18.2 Å². The summed E-state index contributed by atoms with van der Waals surface area (Å²) in [6.07, 6.45) is -3.22. The molecule has 3 rings (SSSR count). The third-order valence-corrected chi connectivity index (χ3v) is 4.64. The molecule has 2 aromatic carbocycles. The lowest BCUT2D eigenvalue weighted by molar-refractivity contribution is -0.137. The summed E-state index contributed by atoms with van der Waals surface area (Å²) < 4.78 is 40.7. The molecule has 1 heterocycles. The van der Waals surface area contributed by atoms with E-state index in [0.717, 1.165) is 12.1 Å². The number of alkyl halides is 3. The van der Waals surface area contributed by atoms with Crippen LogP contribution >= 0.6 is 23.2 Å². The Hall–Kier alpha value is -2.51. The first-order chi connectivity index (χ1) is 12.8. The number of benzene rings is 2. The highest BCUT2D eigenvalue weighted by atomic mass is 35.5. The van der Waals surface area contributed by atoms with Gasteiger partial charge in [-0.25, -0.2) is 4.68 Å². The van der Waals surface area contributed by atoms with E-state index < -0.39 is 23.2 Å². The number of anilines is 1. The average molecular weight is 414 g/mol. The van der Waals surface area contributed by atoms with Crippen molar-refractivity contribution in [2.45, 2.75) is 12.7 Å². The summed E-state index contributed by atoms with van der Waals surface area (Å²) in [5, 5.41) is 7.25. The summed E-state index contributed by atoms with van der Waals surface area (Å²) in [4.78, 5) is 12.4. The van der Waals surface area contributed by atoms with Gasteiger partial charge in [0.2, 0.25) is 0 Å². The van der Waals surface area contributed by atoms with Crippen molar-refractivity contribution in [3.05, 3.63) is 81.5 Å². The Balaban J connectivity index is 1.86. The SMILES string of the molecule is O=C(Nc1ccnn1Cc1cccc(Cl)c1Cl)c1ccccc1C(F)(F)F. The van der Waals surface area contributed by atoms with Crippen LogP contribution in [0.25, 0.3) is 0 Å². The van der Waals surface area contributed by atoms with Gasteiger partial charge in [-0.2, -0.15) is 18.3 Å². The van der Waals surface area contributed by atoms with E-state index in [1.807, 2.05) is 0 Å². The molecular formula is C18H12Cl2F3N3O. The van der Waals surface area contributed by atoms with Crippen LogP contribution < -0.4 is 5.32 Å². The number of amides is 1. The molecule has 140 valence electrons. The zero-order valence-electron chi connectivity index (χ0n) is 13.6. The normalized spacial score (nSPS) is 11.4. The monoisotopic (exact) mass is 413 g/mol. The van der Waals surface area contributed by atoms with Crippen LogP contribution in [0.4, 0.5) is 19.0 Å². The van der Waals surface area contributed by atoms with Gasteiger partial charge in [-0.3, -0.25) is 4.79 Å². The van der Waals surface area contributed by atoms with Crippen LogP contribution in [0.15, 0.2) is 54.7 Å². The van der Waals surface area contributed by atoms with Crippen molar-refractivity contribution in [2.75, 3.05) is 5.32 Å². The molecule has 3 aromatic rings. The van der Waals surface area contributed by atoms with Crippen molar-refractivity contribution in [1.82, 2.24) is 9.78 Å². The van der Waals surface area contributed by atoms with Crippen LogP contribution in [0, 0.1) is 0 Å². The number of rotatable bonds is 4. The van der Waals surface area contributed by atoms with Gasteiger partial charge in [0.25, 0.3) is 5.91 Å².